The fourth-order valence-electron chi connectivity index (χ4n) is 4.30. The molecule has 0 saturated carbocycles. The van der Waals surface area contributed by atoms with Gasteiger partial charge in [-0.15, -0.1) is 0 Å². The number of nitrogens with zero attached hydrogens (tertiary/aromatic N) is 3. The summed E-state index contributed by atoms with van der Waals surface area (Å²) < 4.78 is 2.42. The van der Waals surface area contributed by atoms with Gasteiger partial charge in [0, 0.05) is 42.2 Å². The van der Waals surface area contributed by atoms with Crippen LogP contribution in [0.5, 0.6) is 0 Å². The minimum atomic E-state index is 1.06. The van der Waals surface area contributed by atoms with E-state index in [9.17, 15) is 0 Å². The number of benzene rings is 2. The number of aryl methyl sites for hydroxylation is 1. The van der Waals surface area contributed by atoms with E-state index in [1.807, 2.05) is 6.20 Å². The van der Waals surface area contributed by atoms with Gasteiger partial charge in [0.05, 0.1) is 5.69 Å². The van der Waals surface area contributed by atoms with Crippen molar-refractivity contribution in [1.82, 2.24) is 14.5 Å². The third-order valence-electron chi connectivity index (χ3n) is 5.64. The van der Waals surface area contributed by atoms with E-state index in [0.717, 1.165) is 31.6 Å². The molecule has 2 aromatic carbocycles. The minimum Gasteiger partial charge on any atom is -0.306 e. The Kier molecular flexibility index (Phi) is 3.57. The molecule has 3 heterocycles. The molecule has 130 valence electrons. The average molecular weight is 341 g/mol. The second kappa shape index (κ2) is 5.96. The Labute approximate surface area is 153 Å². The number of rotatable bonds is 1. The maximum absolute atomic E-state index is 4.87. The molecule has 0 amide bonds. The molecule has 0 saturated heterocycles. The van der Waals surface area contributed by atoms with E-state index in [0.29, 0.717) is 0 Å². The molecule has 5 rings (SSSR count). The van der Waals surface area contributed by atoms with Crippen LogP contribution in [0.15, 0.2) is 54.7 Å². The van der Waals surface area contributed by atoms with E-state index in [-0.39, 0.29) is 0 Å². The summed E-state index contributed by atoms with van der Waals surface area (Å²) in [6, 6.07) is 17.5. The highest BCUT2D eigenvalue weighted by Gasteiger charge is 2.23. The van der Waals surface area contributed by atoms with Crippen molar-refractivity contribution in [3.8, 4) is 5.69 Å². The fourth-order valence-corrected chi connectivity index (χ4v) is 4.30. The molecule has 1 aliphatic rings. The van der Waals surface area contributed by atoms with Gasteiger partial charge in [-0.05, 0) is 49.0 Å². The Balaban J connectivity index is 1.88. The fraction of sp³-hybridized carbons (Fsp3) is 0.261. The molecule has 4 aromatic rings. The average Bonchev–Trinajstić information content (AvgIpc) is 2.83. The Morgan fingerprint density at radius 1 is 0.923 bits per heavy atom. The molecule has 2 aromatic heterocycles. The van der Waals surface area contributed by atoms with Crippen molar-refractivity contribution < 1.29 is 0 Å². The van der Waals surface area contributed by atoms with Crippen molar-refractivity contribution in [3.05, 3.63) is 71.5 Å². The molecule has 0 aliphatic carbocycles. The van der Waals surface area contributed by atoms with E-state index >= 15 is 0 Å². The summed E-state index contributed by atoms with van der Waals surface area (Å²) in [5, 5.41) is 3.89. The zero-order valence-corrected chi connectivity index (χ0v) is 15.4. The maximum atomic E-state index is 4.87. The van der Waals surface area contributed by atoms with E-state index in [2.05, 4.69) is 72.0 Å². The van der Waals surface area contributed by atoms with Gasteiger partial charge < -0.3 is 4.90 Å². The Hall–Kier alpha value is -2.65. The molecule has 3 nitrogen and oxygen atoms in total. The first-order chi connectivity index (χ1) is 12.7. The maximum Gasteiger partial charge on any atom is 0.144 e. The van der Waals surface area contributed by atoms with Gasteiger partial charge in [0.15, 0.2) is 0 Å². The predicted molar refractivity (Wildman–Crippen MR) is 108 cm³/mol. The monoisotopic (exact) mass is 341 g/mol. The number of hydrogen-bond acceptors (Lipinski definition) is 2. The molecule has 26 heavy (non-hydrogen) atoms. The summed E-state index contributed by atoms with van der Waals surface area (Å²) in [5.41, 5.74) is 6.48. The van der Waals surface area contributed by atoms with Crippen LogP contribution in [0.25, 0.3) is 27.5 Å². The summed E-state index contributed by atoms with van der Waals surface area (Å²) >= 11 is 0. The molecular weight excluding hydrogens is 318 g/mol. The Morgan fingerprint density at radius 3 is 2.65 bits per heavy atom. The van der Waals surface area contributed by atoms with Gasteiger partial charge in [0.2, 0.25) is 0 Å². The van der Waals surface area contributed by atoms with E-state index < -0.39 is 0 Å². The van der Waals surface area contributed by atoms with Crippen LogP contribution in [-0.2, 0) is 12.8 Å². The largest absolute Gasteiger partial charge is 0.306 e. The summed E-state index contributed by atoms with van der Waals surface area (Å²) in [6.45, 7) is 4.33. The Bertz CT molecular complexity index is 1120. The van der Waals surface area contributed by atoms with Gasteiger partial charge in [0.25, 0.3) is 0 Å². The van der Waals surface area contributed by atoms with E-state index in [1.54, 1.807) is 0 Å². The number of aromatic nitrogens is 2. The molecule has 0 N–H and O–H groups in total. The van der Waals surface area contributed by atoms with Gasteiger partial charge >= 0.3 is 0 Å². The number of likely N-dealkylation sites (N-methyl/N-ethyl adjacent to an activating group) is 1. The van der Waals surface area contributed by atoms with Crippen LogP contribution in [0.3, 0.4) is 0 Å². The third-order valence-corrected chi connectivity index (χ3v) is 5.64. The van der Waals surface area contributed by atoms with Crippen LogP contribution in [0.1, 0.15) is 16.8 Å². The summed E-state index contributed by atoms with van der Waals surface area (Å²) in [7, 11) is 2.22. The van der Waals surface area contributed by atoms with Gasteiger partial charge in [0.1, 0.15) is 5.65 Å². The molecule has 3 heteroatoms. The zero-order valence-electron chi connectivity index (χ0n) is 15.4. The van der Waals surface area contributed by atoms with Crippen molar-refractivity contribution in [1.29, 1.82) is 0 Å². The van der Waals surface area contributed by atoms with Crippen molar-refractivity contribution in [2.75, 3.05) is 20.1 Å². The van der Waals surface area contributed by atoms with Gasteiger partial charge in [-0.25, -0.2) is 4.98 Å². The Morgan fingerprint density at radius 2 is 1.73 bits per heavy atom. The molecule has 0 spiro atoms. The minimum absolute atomic E-state index is 1.06. The summed E-state index contributed by atoms with van der Waals surface area (Å²) in [4.78, 5) is 7.30. The third kappa shape index (κ3) is 2.35. The first-order valence-electron chi connectivity index (χ1n) is 9.38. The van der Waals surface area contributed by atoms with Crippen LogP contribution in [0.2, 0.25) is 0 Å². The van der Waals surface area contributed by atoms with Crippen LogP contribution in [0.4, 0.5) is 0 Å². The molecular formula is C23H23N3. The van der Waals surface area contributed by atoms with E-state index in [1.165, 1.54) is 38.7 Å². The van der Waals surface area contributed by atoms with E-state index in [4.69, 9.17) is 4.98 Å². The lowest BCUT2D eigenvalue weighted by Gasteiger charge is -2.15. The molecule has 1 aliphatic heterocycles. The van der Waals surface area contributed by atoms with Crippen LogP contribution in [0, 0.1) is 6.92 Å². The van der Waals surface area contributed by atoms with Gasteiger partial charge in [-0.3, -0.25) is 4.57 Å². The number of fused-ring (bicyclic) bond motifs is 4. The van der Waals surface area contributed by atoms with Crippen molar-refractivity contribution in [2.24, 2.45) is 0 Å². The highest BCUT2D eigenvalue weighted by molar-refractivity contribution is 5.94. The first-order valence-corrected chi connectivity index (χ1v) is 9.38. The van der Waals surface area contributed by atoms with Gasteiger partial charge in [-0.1, -0.05) is 36.4 Å². The number of hydrogen-bond donors (Lipinski definition) is 0. The molecule has 0 unspecified atom stereocenters. The smallest absolute Gasteiger partial charge is 0.144 e. The normalized spacial score (nSPS) is 15.3. The predicted octanol–water partition coefficient (Wildman–Crippen LogP) is 4.52. The lowest BCUT2D eigenvalue weighted by Crippen LogP contribution is -2.21. The molecule has 0 bridgehead atoms. The van der Waals surface area contributed by atoms with Gasteiger partial charge in [-0.2, -0.15) is 0 Å². The van der Waals surface area contributed by atoms with Crippen molar-refractivity contribution >= 4 is 21.8 Å². The lowest BCUT2D eigenvalue weighted by molar-refractivity contribution is 0.351. The highest BCUT2D eigenvalue weighted by Crippen LogP contribution is 2.34. The highest BCUT2D eigenvalue weighted by atomic mass is 15.1. The summed E-state index contributed by atoms with van der Waals surface area (Å²) in [5.74, 6) is 0. The van der Waals surface area contributed by atoms with Crippen LogP contribution >= 0.6 is 0 Å². The number of pyridine rings is 1. The second-order valence-electron chi connectivity index (χ2n) is 7.45. The van der Waals surface area contributed by atoms with Crippen LogP contribution in [-0.4, -0.2) is 34.6 Å². The lowest BCUT2D eigenvalue weighted by atomic mass is 10.1. The van der Waals surface area contributed by atoms with Crippen LogP contribution < -0.4 is 0 Å². The second-order valence-corrected chi connectivity index (χ2v) is 7.45. The standard InChI is InChI=1S/C23H23N3/c1-16-14-20-19-10-12-25(2)13-11-22(19)26(23(20)24-15-16)21-9-5-7-17-6-3-4-8-18(17)21/h3-9,14-15H,10-13H2,1-2H3. The van der Waals surface area contributed by atoms with Crippen molar-refractivity contribution in [3.63, 3.8) is 0 Å². The first kappa shape index (κ1) is 15.6. The summed E-state index contributed by atoms with van der Waals surface area (Å²) in [6.07, 6.45) is 4.14. The quantitative estimate of drug-likeness (QED) is 0.508. The SMILES string of the molecule is Cc1cnc2c(c1)c1c(n2-c2cccc3ccccc23)CCN(C)CC1. The molecule has 0 atom stereocenters. The molecule has 0 fully saturated rings. The van der Waals surface area contributed by atoms with Crippen molar-refractivity contribution in [2.45, 2.75) is 19.8 Å². The zero-order chi connectivity index (χ0) is 17.7. The molecule has 0 radical (unpaired) electrons. The topological polar surface area (TPSA) is 21.1 Å².